The van der Waals surface area contributed by atoms with Crippen LogP contribution in [0.1, 0.15) is 12.5 Å². The van der Waals surface area contributed by atoms with Crippen LogP contribution in [-0.4, -0.2) is 19.9 Å². The average Bonchev–Trinajstić information content (AvgIpc) is 2.04. The van der Waals surface area contributed by atoms with E-state index < -0.39 is 10.0 Å². The van der Waals surface area contributed by atoms with Crippen LogP contribution < -0.4 is 4.72 Å². The molecule has 0 unspecified atom stereocenters. The van der Waals surface area contributed by atoms with Gasteiger partial charge in [-0.05, 0) is 18.6 Å². The number of pyridine rings is 1. The molecule has 0 spiro atoms. The lowest BCUT2D eigenvalue weighted by molar-refractivity contribution is 0.583. The van der Waals surface area contributed by atoms with Crippen LogP contribution in [0.3, 0.4) is 0 Å². The van der Waals surface area contributed by atoms with Crippen molar-refractivity contribution in [2.24, 2.45) is 0 Å². The Morgan fingerprint density at radius 2 is 2.15 bits per heavy atom. The molecule has 0 saturated carbocycles. The summed E-state index contributed by atoms with van der Waals surface area (Å²) in [5, 5.41) is 0. The molecule has 72 valence electrons. The van der Waals surface area contributed by atoms with Crippen LogP contribution >= 0.6 is 0 Å². The van der Waals surface area contributed by atoms with E-state index in [0.717, 1.165) is 5.56 Å². The number of aryl methyl sites for hydroxylation is 1. The zero-order chi connectivity index (χ0) is 9.90. The van der Waals surface area contributed by atoms with Gasteiger partial charge in [-0.15, -0.1) is 0 Å². The van der Waals surface area contributed by atoms with E-state index in [0.29, 0.717) is 6.54 Å². The quantitative estimate of drug-likeness (QED) is 0.781. The van der Waals surface area contributed by atoms with Crippen LogP contribution in [0.5, 0.6) is 0 Å². The van der Waals surface area contributed by atoms with Gasteiger partial charge in [-0.2, -0.15) is 0 Å². The Labute approximate surface area is 78.1 Å². The maximum atomic E-state index is 11.4. The third kappa shape index (κ3) is 2.50. The molecule has 0 aliphatic rings. The Bertz CT molecular complexity index is 387. The maximum Gasteiger partial charge on any atom is 0.242 e. The van der Waals surface area contributed by atoms with Gasteiger partial charge in [0, 0.05) is 18.9 Å². The minimum Gasteiger partial charge on any atom is -0.263 e. The second-order valence-corrected chi connectivity index (χ2v) is 4.47. The molecule has 0 aliphatic carbocycles. The Kier molecular flexibility index (Phi) is 3.00. The molecule has 0 atom stereocenters. The van der Waals surface area contributed by atoms with Crippen molar-refractivity contribution in [2.75, 3.05) is 6.54 Å². The second kappa shape index (κ2) is 3.85. The van der Waals surface area contributed by atoms with E-state index in [1.165, 1.54) is 6.20 Å². The van der Waals surface area contributed by atoms with E-state index in [-0.39, 0.29) is 4.90 Å². The summed E-state index contributed by atoms with van der Waals surface area (Å²) < 4.78 is 25.3. The molecule has 0 bridgehead atoms. The number of aromatic nitrogens is 1. The molecule has 1 aromatic rings. The van der Waals surface area contributed by atoms with Gasteiger partial charge < -0.3 is 0 Å². The molecule has 4 nitrogen and oxygen atoms in total. The molecule has 0 fully saturated rings. The molecule has 0 saturated heterocycles. The summed E-state index contributed by atoms with van der Waals surface area (Å²) in [6.07, 6.45) is 2.95. The van der Waals surface area contributed by atoms with Gasteiger partial charge in [0.2, 0.25) is 10.0 Å². The number of nitrogens with one attached hydrogen (secondary N) is 1. The molecule has 0 radical (unpaired) electrons. The zero-order valence-corrected chi connectivity index (χ0v) is 8.43. The van der Waals surface area contributed by atoms with Crippen molar-refractivity contribution < 1.29 is 8.42 Å². The van der Waals surface area contributed by atoms with Crippen molar-refractivity contribution >= 4 is 10.0 Å². The Balaban J connectivity index is 3.08. The lowest BCUT2D eigenvalue weighted by Gasteiger charge is -2.03. The third-order valence-electron chi connectivity index (χ3n) is 1.49. The van der Waals surface area contributed by atoms with E-state index in [1.54, 1.807) is 26.1 Å². The maximum absolute atomic E-state index is 11.4. The van der Waals surface area contributed by atoms with Crippen LogP contribution in [0.4, 0.5) is 0 Å². The number of rotatable bonds is 3. The van der Waals surface area contributed by atoms with E-state index >= 15 is 0 Å². The Hall–Kier alpha value is -0.940. The fourth-order valence-electron chi connectivity index (χ4n) is 0.948. The smallest absolute Gasteiger partial charge is 0.242 e. The largest absolute Gasteiger partial charge is 0.263 e. The molecule has 5 heteroatoms. The van der Waals surface area contributed by atoms with Crippen molar-refractivity contribution in [3.8, 4) is 0 Å². The molecule has 1 rings (SSSR count). The SMILES string of the molecule is CCNS(=O)(=O)c1cncc(C)c1. The van der Waals surface area contributed by atoms with E-state index in [1.807, 2.05) is 0 Å². The zero-order valence-electron chi connectivity index (χ0n) is 7.61. The lowest BCUT2D eigenvalue weighted by Crippen LogP contribution is -2.23. The molecular formula is C8H12N2O2S. The van der Waals surface area contributed by atoms with Crippen molar-refractivity contribution in [3.05, 3.63) is 24.0 Å². The number of hydrogen-bond acceptors (Lipinski definition) is 3. The highest BCUT2D eigenvalue weighted by molar-refractivity contribution is 7.89. The topological polar surface area (TPSA) is 59.1 Å². The van der Waals surface area contributed by atoms with Crippen LogP contribution in [0, 0.1) is 6.92 Å². The van der Waals surface area contributed by atoms with Gasteiger partial charge in [0.15, 0.2) is 0 Å². The van der Waals surface area contributed by atoms with Crippen LogP contribution in [0.25, 0.3) is 0 Å². The van der Waals surface area contributed by atoms with Crippen LogP contribution in [0.2, 0.25) is 0 Å². The predicted molar refractivity (Wildman–Crippen MR) is 49.8 cm³/mol. The van der Waals surface area contributed by atoms with Crippen molar-refractivity contribution in [1.29, 1.82) is 0 Å². The summed E-state index contributed by atoms with van der Waals surface area (Å²) >= 11 is 0. The average molecular weight is 200 g/mol. The fraction of sp³-hybridized carbons (Fsp3) is 0.375. The highest BCUT2D eigenvalue weighted by Crippen LogP contribution is 2.07. The third-order valence-corrected chi connectivity index (χ3v) is 3.01. The first kappa shape index (κ1) is 10.1. The molecule has 0 amide bonds. The summed E-state index contributed by atoms with van der Waals surface area (Å²) in [5.41, 5.74) is 0.832. The van der Waals surface area contributed by atoms with Gasteiger partial charge in [0.05, 0.1) is 0 Å². The highest BCUT2D eigenvalue weighted by atomic mass is 32.2. The summed E-state index contributed by atoms with van der Waals surface area (Å²) in [7, 11) is -3.35. The van der Waals surface area contributed by atoms with Gasteiger partial charge >= 0.3 is 0 Å². The van der Waals surface area contributed by atoms with Gasteiger partial charge in [-0.3, -0.25) is 4.98 Å². The number of sulfonamides is 1. The van der Waals surface area contributed by atoms with Gasteiger partial charge in [0.1, 0.15) is 4.90 Å². The molecule has 0 aliphatic heterocycles. The predicted octanol–water partition coefficient (Wildman–Crippen LogP) is 0.688. The summed E-state index contributed by atoms with van der Waals surface area (Å²) in [6.45, 7) is 3.93. The van der Waals surface area contributed by atoms with Crippen molar-refractivity contribution in [1.82, 2.24) is 9.71 Å². The van der Waals surface area contributed by atoms with E-state index in [2.05, 4.69) is 9.71 Å². The van der Waals surface area contributed by atoms with Crippen LogP contribution in [0.15, 0.2) is 23.4 Å². The van der Waals surface area contributed by atoms with Crippen molar-refractivity contribution in [3.63, 3.8) is 0 Å². The van der Waals surface area contributed by atoms with Gasteiger partial charge in [-0.25, -0.2) is 13.1 Å². The standard InChI is InChI=1S/C8H12N2O2S/c1-3-10-13(11,12)8-4-7(2)5-9-6-8/h4-6,10H,3H2,1-2H3. The first-order chi connectivity index (χ1) is 6.06. The van der Waals surface area contributed by atoms with E-state index in [9.17, 15) is 8.42 Å². The second-order valence-electron chi connectivity index (χ2n) is 2.70. The summed E-state index contributed by atoms with van der Waals surface area (Å²) in [5.74, 6) is 0. The van der Waals surface area contributed by atoms with Gasteiger partial charge in [0.25, 0.3) is 0 Å². The molecular weight excluding hydrogens is 188 g/mol. The molecule has 1 heterocycles. The summed E-state index contributed by atoms with van der Waals surface area (Å²) in [4.78, 5) is 4.03. The molecule has 1 aromatic heterocycles. The fourth-order valence-corrected chi connectivity index (χ4v) is 2.03. The Morgan fingerprint density at radius 1 is 1.46 bits per heavy atom. The van der Waals surface area contributed by atoms with Crippen molar-refractivity contribution in [2.45, 2.75) is 18.7 Å². The minimum atomic E-state index is -3.35. The lowest BCUT2D eigenvalue weighted by atomic mass is 10.3. The molecule has 13 heavy (non-hydrogen) atoms. The number of hydrogen-bond donors (Lipinski definition) is 1. The van der Waals surface area contributed by atoms with Crippen LogP contribution in [-0.2, 0) is 10.0 Å². The normalized spacial score (nSPS) is 11.5. The Morgan fingerprint density at radius 3 is 2.69 bits per heavy atom. The molecule has 0 aromatic carbocycles. The molecule has 1 N–H and O–H groups in total. The monoisotopic (exact) mass is 200 g/mol. The number of nitrogens with zero attached hydrogens (tertiary/aromatic N) is 1. The summed E-state index contributed by atoms with van der Waals surface area (Å²) in [6, 6.07) is 1.59. The highest BCUT2D eigenvalue weighted by Gasteiger charge is 2.12. The first-order valence-electron chi connectivity index (χ1n) is 3.97. The van der Waals surface area contributed by atoms with E-state index in [4.69, 9.17) is 0 Å². The first-order valence-corrected chi connectivity index (χ1v) is 5.46. The minimum absolute atomic E-state index is 0.217. The van der Waals surface area contributed by atoms with Gasteiger partial charge in [-0.1, -0.05) is 6.92 Å².